The summed E-state index contributed by atoms with van der Waals surface area (Å²) in [5.41, 5.74) is 0.529. The SMILES string of the molecule is CC(C)C1(C)C(=N)NC(=O)N1Cc1ccccc1. The maximum absolute atomic E-state index is 12.0. The van der Waals surface area contributed by atoms with Crippen LogP contribution < -0.4 is 5.32 Å². The van der Waals surface area contributed by atoms with Gasteiger partial charge in [-0.3, -0.25) is 10.7 Å². The molecule has 1 unspecified atom stereocenters. The van der Waals surface area contributed by atoms with Crippen molar-refractivity contribution in [3.63, 3.8) is 0 Å². The maximum Gasteiger partial charge on any atom is 0.323 e. The number of nitrogens with one attached hydrogen (secondary N) is 2. The number of rotatable bonds is 3. The van der Waals surface area contributed by atoms with Crippen molar-refractivity contribution in [1.29, 1.82) is 5.41 Å². The molecule has 2 N–H and O–H groups in total. The number of amidine groups is 1. The van der Waals surface area contributed by atoms with Crippen molar-refractivity contribution >= 4 is 11.9 Å². The number of amides is 2. The Bertz CT molecular complexity index is 469. The van der Waals surface area contributed by atoms with Gasteiger partial charge in [-0.2, -0.15) is 0 Å². The Hall–Kier alpha value is -1.84. The number of urea groups is 1. The molecule has 0 spiro atoms. The molecule has 1 saturated heterocycles. The third-order valence-corrected chi connectivity index (χ3v) is 3.85. The molecule has 1 aromatic rings. The molecule has 18 heavy (non-hydrogen) atoms. The molecular weight excluding hydrogens is 226 g/mol. The van der Waals surface area contributed by atoms with Crippen LogP contribution in [-0.2, 0) is 6.54 Å². The summed E-state index contributed by atoms with van der Waals surface area (Å²) in [6.07, 6.45) is 0. The van der Waals surface area contributed by atoms with E-state index in [4.69, 9.17) is 5.41 Å². The molecule has 1 aromatic carbocycles. The van der Waals surface area contributed by atoms with E-state index in [9.17, 15) is 4.79 Å². The van der Waals surface area contributed by atoms with Crippen LogP contribution in [0.15, 0.2) is 30.3 Å². The van der Waals surface area contributed by atoms with Gasteiger partial charge in [-0.15, -0.1) is 0 Å². The highest BCUT2D eigenvalue weighted by Gasteiger charge is 2.48. The molecule has 0 aromatic heterocycles. The van der Waals surface area contributed by atoms with Gasteiger partial charge in [0, 0.05) is 6.54 Å². The second-order valence-corrected chi connectivity index (χ2v) is 5.18. The number of benzene rings is 1. The third-order valence-electron chi connectivity index (χ3n) is 3.85. The molecular formula is C14H19N3O. The topological polar surface area (TPSA) is 56.2 Å². The first kappa shape index (κ1) is 12.6. The van der Waals surface area contributed by atoms with Crippen molar-refractivity contribution in [2.75, 3.05) is 0 Å². The Morgan fingerprint density at radius 2 is 1.94 bits per heavy atom. The quantitative estimate of drug-likeness (QED) is 0.845. The predicted molar refractivity (Wildman–Crippen MR) is 71.5 cm³/mol. The first-order valence-corrected chi connectivity index (χ1v) is 6.18. The number of carbonyl (C=O) groups is 1. The molecule has 2 amide bonds. The average molecular weight is 245 g/mol. The van der Waals surface area contributed by atoms with Crippen molar-refractivity contribution in [3.8, 4) is 0 Å². The molecule has 1 atom stereocenters. The van der Waals surface area contributed by atoms with Crippen LogP contribution in [0.4, 0.5) is 4.79 Å². The largest absolute Gasteiger partial charge is 0.323 e. The second kappa shape index (κ2) is 4.44. The highest BCUT2D eigenvalue weighted by Crippen LogP contribution is 2.31. The van der Waals surface area contributed by atoms with Gasteiger partial charge in [0.1, 0.15) is 11.4 Å². The van der Waals surface area contributed by atoms with Crippen molar-refractivity contribution in [1.82, 2.24) is 10.2 Å². The van der Waals surface area contributed by atoms with Gasteiger partial charge >= 0.3 is 6.03 Å². The summed E-state index contributed by atoms with van der Waals surface area (Å²) < 4.78 is 0. The van der Waals surface area contributed by atoms with Gasteiger partial charge in [0.05, 0.1) is 0 Å². The first-order chi connectivity index (χ1) is 8.46. The van der Waals surface area contributed by atoms with E-state index in [1.54, 1.807) is 4.90 Å². The summed E-state index contributed by atoms with van der Waals surface area (Å²) >= 11 is 0. The molecule has 1 heterocycles. The predicted octanol–water partition coefficient (Wildman–Crippen LogP) is 2.60. The van der Waals surface area contributed by atoms with E-state index in [1.165, 1.54) is 0 Å². The molecule has 4 heteroatoms. The zero-order chi connectivity index (χ0) is 13.3. The van der Waals surface area contributed by atoms with Gasteiger partial charge < -0.3 is 4.90 Å². The van der Waals surface area contributed by atoms with Crippen LogP contribution in [0.1, 0.15) is 26.3 Å². The zero-order valence-electron chi connectivity index (χ0n) is 11.0. The van der Waals surface area contributed by atoms with E-state index in [0.29, 0.717) is 12.4 Å². The average Bonchev–Trinajstić information content (AvgIpc) is 2.55. The molecule has 0 bridgehead atoms. The molecule has 1 aliphatic rings. The molecule has 1 fully saturated rings. The lowest BCUT2D eigenvalue weighted by Gasteiger charge is -2.36. The van der Waals surface area contributed by atoms with Crippen LogP contribution in [-0.4, -0.2) is 22.3 Å². The number of hydrogen-bond donors (Lipinski definition) is 2. The van der Waals surface area contributed by atoms with E-state index >= 15 is 0 Å². The minimum absolute atomic E-state index is 0.181. The molecule has 0 radical (unpaired) electrons. The van der Waals surface area contributed by atoms with Crippen LogP contribution in [0.5, 0.6) is 0 Å². The monoisotopic (exact) mass is 245 g/mol. The molecule has 0 saturated carbocycles. The number of nitrogens with zero attached hydrogens (tertiary/aromatic N) is 1. The molecule has 0 aliphatic carbocycles. The molecule has 4 nitrogen and oxygen atoms in total. The number of carbonyl (C=O) groups excluding carboxylic acids is 1. The first-order valence-electron chi connectivity index (χ1n) is 6.18. The molecule has 1 aliphatic heterocycles. The number of hydrogen-bond acceptors (Lipinski definition) is 2. The minimum Gasteiger partial charge on any atom is -0.307 e. The standard InChI is InChI=1S/C14H19N3O/c1-10(2)14(3)12(15)16-13(18)17(14)9-11-7-5-4-6-8-11/h4-8,10H,9H2,1-3H3,(H2,15,16,18). The zero-order valence-corrected chi connectivity index (χ0v) is 11.0. The van der Waals surface area contributed by atoms with Crippen molar-refractivity contribution in [2.24, 2.45) is 5.92 Å². The Morgan fingerprint density at radius 1 is 1.33 bits per heavy atom. The van der Waals surface area contributed by atoms with Crippen LogP contribution in [0.25, 0.3) is 0 Å². The van der Waals surface area contributed by atoms with Crippen LogP contribution in [0.2, 0.25) is 0 Å². The fraction of sp³-hybridized carbons (Fsp3) is 0.429. The Labute approximate surface area is 108 Å². The van der Waals surface area contributed by atoms with E-state index in [1.807, 2.05) is 51.1 Å². The Morgan fingerprint density at radius 3 is 2.50 bits per heavy atom. The van der Waals surface area contributed by atoms with Gasteiger partial charge in [0.25, 0.3) is 0 Å². The van der Waals surface area contributed by atoms with E-state index in [0.717, 1.165) is 5.56 Å². The summed E-state index contributed by atoms with van der Waals surface area (Å²) in [4.78, 5) is 13.7. The van der Waals surface area contributed by atoms with E-state index < -0.39 is 5.54 Å². The van der Waals surface area contributed by atoms with Gasteiger partial charge in [-0.05, 0) is 18.4 Å². The van der Waals surface area contributed by atoms with E-state index in [-0.39, 0.29) is 11.9 Å². The molecule has 2 rings (SSSR count). The minimum atomic E-state index is -0.549. The normalized spacial score (nSPS) is 23.7. The van der Waals surface area contributed by atoms with Crippen molar-refractivity contribution in [3.05, 3.63) is 35.9 Å². The summed E-state index contributed by atoms with van der Waals surface area (Å²) in [7, 11) is 0. The van der Waals surface area contributed by atoms with Gasteiger partial charge in [-0.25, -0.2) is 4.79 Å². The van der Waals surface area contributed by atoms with Crippen LogP contribution >= 0.6 is 0 Å². The Balaban J connectivity index is 2.30. The highest BCUT2D eigenvalue weighted by molar-refractivity contribution is 6.08. The second-order valence-electron chi connectivity index (χ2n) is 5.18. The van der Waals surface area contributed by atoms with Crippen molar-refractivity contribution in [2.45, 2.75) is 32.9 Å². The van der Waals surface area contributed by atoms with Gasteiger partial charge in [-0.1, -0.05) is 44.2 Å². The van der Waals surface area contributed by atoms with Crippen LogP contribution in [0.3, 0.4) is 0 Å². The van der Waals surface area contributed by atoms with Crippen LogP contribution in [0, 0.1) is 11.3 Å². The van der Waals surface area contributed by atoms with E-state index in [2.05, 4.69) is 5.32 Å². The lowest BCUT2D eigenvalue weighted by Crippen LogP contribution is -2.50. The summed E-state index contributed by atoms with van der Waals surface area (Å²) in [5, 5.41) is 10.6. The summed E-state index contributed by atoms with van der Waals surface area (Å²) in [5.74, 6) is 0.478. The highest BCUT2D eigenvalue weighted by atomic mass is 16.2. The summed E-state index contributed by atoms with van der Waals surface area (Å²) in [6, 6.07) is 9.69. The lowest BCUT2D eigenvalue weighted by atomic mass is 9.86. The Kier molecular flexibility index (Phi) is 3.11. The lowest BCUT2D eigenvalue weighted by molar-refractivity contribution is 0.150. The van der Waals surface area contributed by atoms with Crippen molar-refractivity contribution < 1.29 is 4.79 Å². The molecule has 96 valence electrons. The van der Waals surface area contributed by atoms with Gasteiger partial charge in [0.15, 0.2) is 0 Å². The fourth-order valence-corrected chi connectivity index (χ4v) is 2.25. The fourth-order valence-electron chi connectivity index (χ4n) is 2.25. The maximum atomic E-state index is 12.0. The summed E-state index contributed by atoms with van der Waals surface area (Å²) in [6.45, 7) is 6.55. The third kappa shape index (κ3) is 1.88. The van der Waals surface area contributed by atoms with Gasteiger partial charge in [0.2, 0.25) is 0 Å². The smallest absolute Gasteiger partial charge is 0.307 e.